The van der Waals surface area contributed by atoms with Gasteiger partial charge in [0.25, 0.3) is 0 Å². The van der Waals surface area contributed by atoms with Gasteiger partial charge in [-0.25, -0.2) is 13.8 Å². The van der Waals surface area contributed by atoms with E-state index in [0.29, 0.717) is 18.7 Å². The number of thiazole rings is 1. The van der Waals surface area contributed by atoms with Crippen molar-refractivity contribution in [3.63, 3.8) is 0 Å². The van der Waals surface area contributed by atoms with Crippen LogP contribution in [0.1, 0.15) is 11.3 Å². The minimum absolute atomic E-state index is 0.495. The molecule has 2 nitrogen and oxygen atoms in total. The molecule has 16 heavy (non-hydrogen) atoms. The molecule has 0 bridgehead atoms. The van der Waals surface area contributed by atoms with Crippen molar-refractivity contribution in [2.75, 3.05) is 0 Å². The average Bonchev–Trinajstić information content (AvgIpc) is 2.76. The third kappa shape index (κ3) is 2.84. The fourth-order valence-corrected chi connectivity index (χ4v) is 1.87. The number of hydrogen-bond acceptors (Lipinski definition) is 3. The smallest absolute Gasteiger partial charge is 0.159 e. The first-order valence-electron chi connectivity index (χ1n) is 4.77. The van der Waals surface area contributed by atoms with Crippen molar-refractivity contribution in [1.82, 2.24) is 10.3 Å². The predicted molar refractivity (Wildman–Crippen MR) is 59.0 cm³/mol. The topological polar surface area (TPSA) is 24.9 Å². The number of halogens is 2. The summed E-state index contributed by atoms with van der Waals surface area (Å²) in [5, 5.41) is 5.05. The molecule has 0 radical (unpaired) electrons. The van der Waals surface area contributed by atoms with Crippen LogP contribution in [0.5, 0.6) is 0 Å². The van der Waals surface area contributed by atoms with Crippen molar-refractivity contribution in [1.29, 1.82) is 0 Å². The molecule has 0 saturated carbocycles. The SMILES string of the molecule is Fc1ccc(CNCc2cscn2)cc1F. The number of nitrogens with zero attached hydrogens (tertiary/aromatic N) is 1. The van der Waals surface area contributed by atoms with Crippen LogP contribution in [-0.2, 0) is 13.1 Å². The Hall–Kier alpha value is -1.33. The molecule has 1 N–H and O–H groups in total. The van der Waals surface area contributed by atoms with Gasteiger partial charge in [-0.3, -0.25) is 0 Å². The second-order valence-corrected chi connectivity index (χ2v) is 4.05. The van der Waals surface area contributed by atoms with Crippen molar-refractivity contribution in [3.05, 3.63) is 52.0 Å². The van der Waals surface area contributed by atoms with E-state index in [1.807, 2.05) is 5.38 Å². The fourth-order valence-electron chi connectivity index (χ4n) is 1.31. The van der Waals surface area contributed by atoms with Crippen molar-refractivity contribution < 1.29 is 8.78 Å². The normalized spacial score (nSPS) is 10.6. The summed E-state index contributed by atoms with van der Waals surface area (Å²) in [6, 6.07) is 3.89. The van der Waals surface area contributed by atoms with Gasteiger partial charge in [0, 0.05) is 18.5 Å². The van der Waals surface area contributed by atoms with Gasteiger partial charge >= 0.3 is 0 Å². The molecule has 0 aliphatic rings. The number of aromatic nitrogens is 1. The Bertz CT molecular complexity index is 457. The zero-order valence-electron chi connectivity index (χ0n) is 8.41. The highest BCUT2D eigenvalue weighted by molar-refractivity contribution is 7.07. The van der Waals surface area contributed by atoms with E-state index in [2.05, 4.69) is 10.3 Å². The number of nitrogens with one attached hydrogen (secondary N) is 1. The van der Waals surface area contributed by atoms with E-state index in [1.54, 1.807) is 11.6 Å². The molecule has 2 rings (SSSR count). The number of benzene rings is 1. The van der Waals surface area contributed by atoms with Crippen LogP contribution in [0.15, 0.2) is 29.1 Å². The molecule has 1 heterocycles. The summed E-state index contributed by atoms with van der Waals surface area (Å²) in [6.45, 7) is 1.12. The summed E-state index contributed by atoms with van der Waals surface area (Å²) in [6.07, 6.45) is 0. The van der Waals surface area contributed by atoms with E-state index < -0.39 is 11.6 Å². The maximum atomic E-state index is 12.9. The average molecular weight is 240 g/mol. The molecule has 1 aromatic carbocycles. The standard InChI is InChI=1S/C11H10F2N2S/c12-10-2-1-8(3-11(10)13)4-14-5-9-6-16-7-15-9/h1-3,6-7,14H,4-5H2. The molecule has 2 aromatic rings. The molecule has 0 amide bonds. The maximum absolute atomic E-state index is 12.9. The van der Waals surface area contributed by atoms with Crippen molar-refractivity contribution in [2.45, 2.75) is 13.1 Å². The van der Waals surface area contributed by atoms with Crippen LogP contribution >= 0.6 is 11.3 Å². The zero-order valence-corrected chi connectivity index (χ0v) is 9.23. The summed E-state index contributed by atoms with van der Waals surface area (Å²) in [7, 11) is 0. The van der Waals surface area contributed by atoms with Crippen molar-refractivity contribution in [2.24, 2.45) is 0 Å². The Labute approximate surface area is 96.0 Å². The molecular weight excluding hydrogens is 230 g/mol. The van der Waals surface area contributed by atoms with Crippen molar-refractivity contribution in [3.8, 4) is 0 Å². The lowest BCUT2D eigenvalue weighted by Gasteiger charge is -2.03. The maximum Gasteiger partial charge on any atom is 0.159 e. The van der Waals surface area contributed by atoms with Gasteiger partial charge in [0.2, 0.25) is 0 Å². The molecule has 1 aromatic heterocycles. The van der Waals surface area contributed by atoms with Gasteiger partial charge in [-0.05, 0) is 17.7 Å². The zero-order chi connectivity index (χ0) is 11.4. The van der Waals surface area contributed by atoms with Crippen LogP contribution in [0.25, 0.3) is 0 Å². The lowest BCUT2D eigenvalue weighted by molar-refractivity contribution is 0.506. The minimum atomic E-state index is -0.816. The molecule has 0 atom stereocenters. The lowest BCUT2D eigenvalue weighted by atomic mass is 10.2. The van der Waals surface area contributed by atoms with Crippen LogP contribution in [0.2, 0.25) is 0 Å². The Balaban J connectivity index is 1.87. The second-order valence-electron chi connectivity index (χ2n) is 3.33. The fraction of sp³-hybridized carbons (Fsp3) is 0.182. The van der Waals surface area contributed by atoms with E-state index in [1.165, 1.54) is 17.4 Å². The highest BCUT2D eigenvalue weighted by Gasteiger charge is 2.02. The van der Waals surface area contributed by atoms with E-state index in [0.717, 1.165) is 11.8 Å². The lowest BCUT2D eigenvalue weighted by Crippen LogP contribution is -2.13. The minimum Gasteiger partial charge on any atom is -0.307 e. The summed E-state index contributed by atoms with van der Waals surface area (Å²) in [5.41, 5.74) is 3.43. The highest BCUT2D eigenvalue weighted by Crippen LogP contribution is 2.08. The molecule has 0 spiro atoms. The molecule has 84 valence electrons. The van der Waals surface area contributed by atoms with E-state index in [-0.39, 0.29) is 0 Å². The predicted octanol–water partition coefficient (Wildman–Crippen LogP) is 2.71. The third-order valence-corrected chi connectivity index (χ3v) is 2.74. The first-order chi connectivity index (χ1) is 7.75. The number of rotatable bonds is 4. The van der Waals surface area contributed by atoms with Gasteiger partial charge in [-0.1, -0.05) is 6.07 Å². The van der Waals surface area contributed by atoms with Gasteiger partial charge in [0.15, 0.2) is 11.6 Å². The summed E-state index contributed by atoms with van der Waals surface area (Å²) in [5.74, 6) is -1.63. The first-order valence-corrected chi connectivity index (χ1v) is 5.71. The monoisotopic (exact) mass is 240 g/mol. The van der Waals surface area contributed by atoms with Gasteiger partial charge < -0.3 is 5.32 Å². The Kier molecular flexibility index (Phi) is 3.58. The summed E-state index contributed by atoms with van der Waals surface area (Å²) in [4.78, 5) is 4.10. The molecular formula is C11H10F2N2S. The van der Waals surface area contributed by atoms with Crippen LogP contribution in [0, 0.1) is 11.6 Å². The van der Waals surface area contributed by atoms with Gasteiger partial charge in [-0.15, -0.1) is 11.3 Å². The third-order valence-electron chi connectivity index (χ3n) is 2.10. The molecule has 0 saturated heterocycles. The quantitative estimate of drug-likeness (QED) is 0.888. The van der Waals surface area contributed by atoms with Gasteiger partial charge in [0.1, 0.15) is 0 Å². The highest BCUT2D eigenvalue weighted by atomic mass is 32.1. The second kappa shape index (κ2) is 5.14. The molecule has 0 aliphatic carbocycles. The molecule has 0 fully saturated rings. The van der Waals surface area contributed by atoms with E-state index in [9.17, 15) is 8.78 Å². The molecule has 5 heteroatoms. The summed E-state index contributed by atoms with van der Waals surface area (Å²) >= 11 is 1.53. The van der Waals surface area contributed by atoms with Crippen LogP contribution in [-0.4, -0.2) is 4.98 Å². The van der Waals surface area contributed by atoms with Crippen molar-refractivity contribution >= 4 is 11.3 Å². The van der Waals surface area contributed by atoms with E-state index in [4.69, 9.17) is 0 Å². The van der Waals surface area contributed by atoms with Crippen LogP contribution in [0.4, 0.5) is 8.78 Å². The first kappa shape index (κ1) is 11.2. The van der Waals surface area contributed by atoms with Crippen LogP contribution < -0.4 is 5.32 Å². The Morgan fingerprint density at radius 1 is 1.19 bits per heavy atom. The summed E-state index contributed by atoms with van der Waals surface area (Å²) < 4.78 is 25.5. The van der Waals surface area contributed by atoms with E-state index >= 15 is 0 Å². The largest absolute Gasteiger partial charge is 0.307 e. The molecule has 0 unspecified atom stereocenters. The van der Waals surface area contributed by atoms with Gasteiger partial charge in [0.05, 0.1) is 11.2 Å². The number of hydrogen-bond donors (Lipinski definition) is 1. The van der Waals surface area contributed by atoms with Gasteiger partial charge in [-0.2, -0.15) is 0 Å². The Morgan fingerprint density at radius 2 is 2.06 bits per heavy atom. The molecule has 0 aliphatic heterocycles. The van der Waals surface area contributed by atoms with Crippen LogP contribution in [0.3, 0.4) is 0 Å². The Morgan fingerprint density at radius 3 is 2.75 bits per heavy atom.